The molecule has 3 N–H and O–H groups in total. The minimum absolute atomic E-state index is 0.147. The van der Waals surface area contributed by atoms with E-state index in [-0.39, 0.29) is 11.9 Å². The molecule has 0 unspecified atom stereocenters. The van der Waals surface area contributed by atoms with Crippen LogP contribution in [0.15, 0.2) is 54.7 Å². The molecule has 29 heavy (non-hydrogen) atoms. The van der Waals surface area contributed by atoms with Crippen molar-refractivity contribution in [3.8, 4) is 5.75 Å². The normalized spacial score (nSPS) is 17.4. The molecule has 1 atom stereocenters. The molecule has 2 aromatic carbocycles. The van der Waals surface area contributed by atoms with Gasteiger partial charge in [0.05, 0.1) is 0 Å². The number of aromatic amines is 1. The van der Waals surface area contributed by atoms with E-state index in [0.717, 1.165) is 56.4 Å². The maximum absolute atomic E-state index is 12.4. The SMILES string of the molecule is O=C(CCCc1c[nH]c2ccccc12)N[C@H]1CCCN(Cc2cccc(O)c2)C1. The van der Waals surface area contributed by atoms with Crippen molar-refractivity contribution in [2.45, 2.75) is 44.7 Å². The van der Waals surface area contributed by atoms with Gasteiger partial charge in [0.25, 0.3) is 0 Å². The number of fused-ring (bicyclic) bond motifs is 1. The number of phenolic OH excluding ortho intramolecular Hbond substituents is 1. The fraction of sp³-hybridized carbons (Fsp3) is 0.375. The Balaban J connectivity index is 1.23. The molecule has 5 heteroatoms. The summed E-state index contributed by atoms with van der Waals surface area (Å²) in [6, 6.07) is 15.9. The molecule has 1 fully saturated rings. The lowest BCUT2D eigenvalue weighted by Gasteiger charge is -2.33. The number of rotatable bonds is 7. The molecule has 4 rings (SSSR count). The van der Waals surface area contributed by atoms with Gasteiger partial charge in [-0.05, 0) is 61.6 Å². The maximum Gasteiger partial charge on any atom is 0.220 e. The smallest absolute Gasteiger partial charge is 0.220 e. The second kappa shape index (κ2) is 9.14. The lowest BCUT2D eigenvalue weighted by atomic mass is 10.0. The van der Waals surface area contributed by atoms with E-state index in [1.807, 2.05) is 24.3 Å². The zero-order valence-corrected chi connectivity index (χ0v) is 16.7. The number of likely N-dealkylation sites (tertiary alicyclic amines) is 1. The van der Waals surface area contributed by atoms with E-state index in [1.54, 1.807) is 6.07 Å². The van der Waals surface area contributed by atoms with Crippen LogP contribution in [0.1, 0.15) is 36.8 Å². The van der Waals surface area contributed by atoms with Crippen LogP contribution in [-0.4, -0.2) is 40.0 Å². The average Bonchev–Trinajstić information content (AvgIpc) is 3.12. The summed E-state index contributed by atoms with van der Waals surface area (Å²) >= 11 is 0. The van der Waals surface area contributed by atoms with Gasteiger partial charge in [-0.15, -0.1) is 0 Å². The molecule has 0 spiro atoms. The molecule has 0 saturated carbocycles. The molecule has 152 valence electrons. The largest absolute Gasteiger partial charge is 0.508 e. The number of carbonyl (C=O) groups is 1. The van der Waals surface area contributed by atoms with Crippen molar-refractivity contribution in [3.05, 3.63) is 65.9 Å². The molecule has 1 aliphatic heterocycles. The van der Waals surface area contributed by atoms with Crippen molar-refractivity contribution >= 4 is 16.8 Å². The van der Waals surface area contributed by atoms with Crippen LogP contribution in [-0.2, 0) is 17.8 Å². The van der Waals surface area contributed by atoms with Crippen LogP contribution >= 0.6 is 0 Å². The summed E-state index contributed by atoms with van der Waals surface area (Å²) in [5.74, 6) is 0.452. The summed E-state index contributed by atoms with van der Waals surface area (Å²) in [5, 5.41) is 14.1. The summed E-state index contributed by atoms with van der Waals surface area (Å²) in [4.78, 5) is 18.1. The van der Waals surface area contributed by atoms with Crippen LogP contribution in [0.5, 0.6) is 5.75 Å². The summed E-state index contributed by atoms with van der Waals surface area (Å²) in [6.07, 6.45) is 6.49. The molecule has 0 bridgehead atoms. The summed E-state index contributed by atoms with van der Waals surface area (Å²) in [7, 11) is 0. The molecule has 1 aliphatic rings. The number of piperidine rings is 1. The second-order valence-corrected chi connectivity index (χ2v) is 8.02. The molecular weight excluding hydrogens is 362 g/mol. The minimum atomic E-state index is 0.147. The lowest BCUT2D eigenvalue weighted by molar-refractivity contribution is -0.122. The summed E-state index contributed by atoms with van der Waals surface area (Å²) in [6.45, 7) is 2.70. The quantitative estimate of drug-likeness (QED) is 0.571. The number of aromatic hydroxyl groups is 1. The molecule has 3 aromatic rings. The van der Waals surface area contributed by atoms with Gasteiger partial charge in [-0.2, -0.15) is 0 Å². The number of hydrogen-bond acceptors (Lipinski definition) is 3. The molecule has 5 nitrogen and oxygen atoms in total. The van der Waals surface area contributed by atoms with Crippen LogP contribution < -0.4 is 5.32 Å². The molecular formula is C24H29N3O2. The van der Waals surface area contributed by atoms with Crippen molar-refractivity contribution < 1.29 is 9.90 Å². The van der Waals surface area contributed by atoms with Crippen molar-refractivity contribution in [1.29, 1.82) is 0 Å². The average molecular weight is 392 g/mol. The van der Waals surface area contributed by atoms with E-state index in [9.17, 15) is 9.90 Å². The van der Waals surface area contributed by atoms with Crippen molar-refractivity contribution in [2.75, 3.05) is 13.1 Å². The van der Waals surface area contributed by atoms with E-state index in [1.165, 1.54) is 10.9 Å². The lowest BCUT2D eigenvalue weighted by Crippen LogP contribution is -2.47. The molecule has 1 saturated heterocycles. The van der Waals surface area contributed by atoms with Crippen LogP contribution in [0.3, 0.4) is 0 Å². The minimum Gasteiger partial charge on any atom is -0.508 e. The first-order chi connectivity index (χ1) is 14.2. The predicted octanol–water partition coefficient (Wildman–Crippen LogP) is 3.98. The number of para-hydroxylation sites is 1. The summed E-state index contributed by atoms with van der Waals surface area (Å²) in [5.41, 5.74) is 3.54. The van der Waals surface area contributed by atoms with Crippen molar-refractivity contribution in [2.24, 2.45) is 0 Å². The number of carbonyl (C=O) groups excluding carboxylic acids is 1. The van der Waals surface area contributed by atoms with E-state index < -0.39 is 0 Å². The van der Waals surface area contributed by atoms with Crippen molar-refractivity contribution in [1.82, 2.24) is 15.2 Å². The Kier molecular flexibility index (Phi) is 6.15. The Hall–Kier alpha value is -2.79. The molecule has 0 radical (unpaired) electrons. The molecule has 0 aliphatic carbocycles. The first-order valence-electron chi connectivity index (χ1n) is 10.5. The van der Waals surface area contributed by atoms with Gasteiger partial charge in [-0.1, -0.05) is 30.3 Å². The fourth-order valence-electron chi connectivity index (χ4n) is 4.31. The molecule has 1 aromatic heterocycles. The van der Waals surface area contributed by atoms with Crippen molar-refractivity contribution in [3.63, 3.8) is 0 Å². The number of phenols is 1. The number of hydrogen-bond donors (Lipinski definition) is 3. The number of amides is 1. The fourth-order valence-corrected chi connectivity index (χ4v) is 4.31. The highest BCUT2D eigenvalue weighted by molar-refractivity contribution is 5.83. The van der Waals surface area contributed by atoms with Gasteiger partial charge in [0.15, 0.2) is 0 Å². The number of nitrogens with one attached hydrogen (secondary N) is 2. The van der Waals surface area contributed by atoms with Crippen LogP contribution in [0, 0.1) is 0 Å². The van der Waals surface area contributed by atoms with E-state index in [4.69, 9.17) is 0 Å². The van der Waals surface area contributed by atoms with Crippen LogP contribution in [0.25, 0.3) is 10.9 Å². The van der Waals surface area contributed by atoms with Gasteiger partial charge in [0.1, 0.15) is 5.75 Å². The second-order valence-electron chi connectivity index (χ2n) is 8.02. The van der Waals surface area contributed by atoms with E-state index in [0.29, 0.717) is 12.2 Å². The van der Waals surface area contributed by atoms with Crippen LogP contribution in [0.2, 0.25) is 0 Å². The third-order valence-corrected chi connectivity index (χ3v) is 5.71. The first kappa shape index (κ1) is 19.5. The highest BCUT2D eigenvalue weighted by Gasteiger charge is 2.21. The number of nitrogens with zero attached hydrogens (tertiary/aromatic N) is 1. The monoisotopic (exact) mass is 391 g/mol. The predicted molar refractivity (Wildman–Crippen MR) is 116 cm³/mol. The van der Waals surface area contributed by atoms with Crippen LogP contribution in [0.4, 0.5) is 0 Å². The van der Waals surface area contributed by atoms with Gasteiger partial charge in [-0.25, -0.2) is 0 Å². The zero-order valence-electron chi connectivity index (χ0n) is 16.7. The highest BCUT2D eigenvalue weighted by atomic mass is 16.3. The molecule has 2 heterocycles. The Morgan fingerprint density at radius 2 is 2.10 bits per heavy atom. The third kappa shape index (κ3) is 5.18. The Labute approximate surface area is 171 Å². The number of aryl methyl sites for hydroxylation is 1. The summed E-state index contributed by atoms with van der Waals surface area (Å²) < 4.78 is 0. The number of H-pyrrole nitrogens is 1. The Morgan fingerprint density at radius 3 is 3.00 bits per heavy atom. The zero-order chi connectivity index (χ0) is 20.1. The number of aromatic nitrogens is 1. The van der Waals surface area contributed by atoms with Gasteiger partial charge in [0.2, 0.25) is 5.91 Å². The Morgan fingerprint density at radius 1 is 1.21 bits per heavy atom. The first-order valence-corrected chi connectivity index (χ1v) is 10.5. The third-order valence-electron chi connectivity index (χ3n) is 5.71. The Bertz CT molecular complexity index is 965. The van der Waals surface area contributed by atoms with Gasteiger partial charge in [0, 0.05) is 42.7 Å². The van der Waals surface area contributed by atoms with Gasteiger partial charge >= 0.3 is 0 Å². The topological polar surface area (TPSA) is 68.4 Å². The van der Waals surface area contributed by atoms with Gasteiger partial charge < -0.3 is 15.4 Å². The molecule has 1 amide bonds. The van der Waals surface area contributed by atoms with E-state index >= 15 is 0 Å². The standard InChI is InChI=1S/C24H29N3O2/c28-21-9-3-6-18(14-21)16-27-13-5-8-20(17-27)26-24(29)12-4-7-19-15-25-23-11-2-1-10-22(19)23/h1-3,6,9-11,14-15,20,25,28H,4-5,7-8,12-13,16-17H2,(H,26,29)/t20-/m0/s1. The van der Waals surface area contributed by atoms with E-state index in [2.05, 4.69) is 39.6 Å². The number of benzene rings is 2. The van der Waals surface area contributed by atoms with Gasteiger partial charge in [-0.3, -0.25) is 9.69 Å². The maximum atomic E-state index is 12.4. The highest BCUT2D eigenvalue weighted by Crippen LogP contribution is 2.20.